The van der Waals surface area contributed by atoms with Crippen LogP contribution in [-0.2, 0) is 15.0 Å². The van der Waals surface area contributed by atoms with Gasteiger partial charge in [-0.05, 0) is 29.5 Å². The summed E-state index contributed by atoms with van der Waals surface area (Å²) in [6.07, 6.45) is 1.18. The van der Waals surface area contributed by atoms with Crippen molar-refractivity contribution in [3.8, 4) is 5.75 Å². The zero-order valence-electron chi connectivity index (χ0n) is 12.9. The fourth-order valence-corrected chi connectivity index (χ4v) is 1.73. The van der Waals surface area contributed by atoms with Crippen LogP contribution in [0, 0.1) is 0 Å². The Hall–Kier alpha value is -2.04. The van der Waals surface area contributed by atoms with Gasteiger partial charge < -0.3 is 15.8 Å². The van der Waals surface area contributed by atoms with Gasteiger partial charge in [0.05, 0.1) is 0 Å². The van der Waals surface area contributed by atoms with Crippen molar-refractivity contribution in [2.45, 2.75) is 39.0 Å². The number of carbonyl (C=O) groups excluding carboxylic acids is 2. The zero-order chi connectivity index (χ0) is 15.9. The first kappa shape index (κ1) is 17.0. The van der Waals surface area contributed by atoms with E-state index >= 15 is 0 Å². The SMILES string of the molecule is CCC(C)(C)c1ccc(OCC(=O)NCCC(N)=O)cc1. The summed E-state index contributed by atoms with van der Waals surface area (Å²) >= 11 is 0. The van der Waals surface area contributed by atoms with E-state index < -0.39 is 5.91 Å². The summed E-state index contributed by atoms with van der Waals surface area (Å²) in [7, 11) is 0. The number of nitrogens with two attached hydrogens (primary N) is 1. The van der Waals surface area contributed by atoms with Crippen LogP contribution in [0.5, 0.6) is 5.75 Å². The molecule has 2 amide bonds. The lowest BCUT2D eigenvalue weighted by Crippen LogP contribution is -2.31. The maximum Gasteiger partial charge on any atom is 0.257 e. The second-order valence-electron chi connectivity index (χ2n) is 5.62. The number of hydrogen-bond donors (Lipinski definition) is 2. The zero-order valence-corrected chi connectivity index (χ0v) is 12.9. The van der Waals surface area contributed by atoms with E-state index in [4.69, 9.17) is 10.5 Å². The van der Waals surface area contributed by atoms with Crippen LogP contribution in [0.2, 0.25) is 0 Å². The van der Waals surface area contributed by atoms with Crippen LogP contribution >= 0.6 is 0 Å². The number of nitrogens with one attached hydrogen (secondary N) is 1. The highest BCUT2D eigenvalue weighted by molar-refractivity contribution is 5.79. The van der Waals surface area contributed by atoms with E-state index in [9.17, 15) is 9.59 Å². The standard InChI is InChI=1S/C16H24N2O3/c1-4-16(2,3)12-5-7-13(8-6-12)21-11-15(20)18-10-9-14(17)19/h5-8H,4,9-11H2,1-3H3,(H2,17,19)(H,18,20). The Labute approximate surface area is 125 Å². The number of benzene rings is 1. The summed E-state index contributed by atoms with van der Waals surface area (Å²) in [6.45, 7) is 6.70. The van der Waals surface area contributed by atoms with Gasteiger partial charge in [-0.25, -0.2) is 0 Å². The van der Waals surface area contributed by atoms with E-state index in [0.29, 0.717) is 5.75 Å². The third-order valence-corrected chi connectivity index (χ3v) is 3.58. The molecule has 21 heavy (non-hydrogen) atoms. The van der Waals surface area contributed by atoms with Crippen molar-refractivity contribution < 1.29 is 14.3 Å². The Balaban J connectivity index is 2.42. The average molecular weight is 292 g/mol. The summed E-state index contributed by atoms with van der Waals surface area (Å²) in [5.74, 6) is -0.0599. The average Bonchev–Trinajstić information content (AvgIpc) is 2.45. The van der Waals surface area contributed by atoms with Crippen LogP contribution < -0.4 is 15.8 Å². The highest BCUT2D eigenvalue weighted by Crippen LogP contribution is 2.27. The predicted molar refractivity (Wildman–Crippen MR) is 82.1 cm³/mol. The minimum absolute atomic E-state index is 0.0741. The maximum absolute atomic E-state index is 11.5. The molecular formula is C16H24N2O3. The van der Waals surface area contributed by atoms with Crippen molar-refractivity contribution in [2.75, 3.05) is 13.2 Å². The molecule has 5 heteroatoms. The molecule has 0 saturated carbocycles. The van der Waals surface area contributed by atoms with Crippen LogP contribution in [0.25, 0.3) is 0 Å². The van der Waals surface area contributed by atoms with Crippen LogP contribution in [-0.4, -0.2) is 25.0 Å². The summed E-state index contributed by atoms with van der Waals surface area (Å²) in [6, 6.07) is 7.76. The van der Waals surface area contributed by atoms with Gasteiger partial charge >= 0.3 is 0 Å². The second kappa shape index (κ2) is 7.67. The first-order valence-corrected chi connectivity index (χ1v) is 7.13. The molecule has 5 nitrogen and oxygen atoms in total. The normalized spacial score (nSPS) is 11.0. The lowest BCUT2D eigenvalue weighted by molar-refractivity contribution is -0.123. The Morgan fingerprint density at radius 2 is 1.86 bits per heavy atom. The van der Waals surface area contributed by atoms with E-state index in [0.717, 1.165) is 6.42 Å². The van der Waals surface area contributed by atoms with E-state index in [1.807, 2.05) is 24.3 Å². The lowest BCUT2D eigenvalue weighted by atomic mass is 9.82. The largest absolute Gasteiger partial charge is 0.484 e. The molecule has 0 atom stereocenters. The molecular weight excluding hydrogens is 268 g/mol. The second-order valence-corrected chi connectivity index (χ2v) is 5.62. The van der Waals surface area contributed by atoms with Crippen LogP contribution in [0.3, 0.4) is 0 Å². The van der Waals surface area contributed by atoms with Gasteiger partial charge in [-0.1, -0.05) is 32.9 Å². The Bertz CT molecular complexity index is 481. The number of hydrogen-bond acceptors (Lipinski definition) is 3. The smallest absolute Gasteiger partial charge is 0.257 e. The molecule has 0 heterocycles. The molecule has 0 fully saturated rings. The molecule has 0 unspecified atom stereocenters. The molecule has 0 aliphatic heterocycles. The highest BCUT2D eigenvalue weighted by atomic mass is 16.5. The first-order chi connectivity index (χ1) is 9.85. The van der Waals surface area contributed by atoms with Crippen LogP contribution in [0.1, 0.15) is 39.2 Å². The van der Waals surface area contributed by atoms with Gasteiger partial charge in [-0.3, -0.25) is 9.59 Å². The minimum atomic E-state index is -0.439. The van der Waals surface area contributed by atoms with E-state index in [-0.39, 0.29) is 30.9 Å². The quantitative estimate of drug-likeness (QED) is 0.766. The number of rotatable bonds is 8. The number of amides is 2. The first-order valence-electron chi connectivity index (χ1n) is 7.13. The molecule has 0 saturated heterocycles. The van der Waals surface area contributed by atoms with Crippen molar-refractivity contribution in [3.05, 3.63) is 29.8 Å². The summed E-state index contributed by atoms with van der Waals surface area (Å²) in [5, 5.41) is 2.56. The van der Waals surface area contributed by atoms with E-state index in [2.05, 4.69) is 26.1 Å². The molecule has 0 aliphatic rings. The third kappa shape index (κ3) is 5.85. The van der Waals surface area contributed by atoms with Crippen molar-refractivity contribution in [2.24, 2.45) is 5.73 Å². The molecule has 0 radical (unpaired) electrons. The number of ether oxygens (including phenoxy) is 1. The summed E-state index contributed by atoms with van der Waals surface area (Å²) in [5.41, 5.74) is 6.35. The van der Waals surface area contributed by atoms with Gasteiger partial charge in [-0.2, -0.15) is 0 Å². The topological polar surface area (TPSA) is 81.4 Å². The van der Waals surface area contributed by atoms with Gasteiger partial charge in [0.1, 0.15) is 5.75 Å². The number of carbonyl (C=O) groups is 2. The molecule has 116 valence electrons. The van der Waals surface area contributed by atoms with E-state index in [1.165, 1.54) is 5.56 Å². The van der Waals surface area contributed by atoms with Gasteiger partial charge in [0.2, 0.25) is 5.91 Å². The fourth-order valence-electron chi connectivity index (χ4n) is 1.73. The minimum Gasteiger partial charge on any atom is -0.484 e. The van der Waals surface area contributed by atoms with Crippen molar-refractivity contribution in [3.63, 3.8) is 0 Å². The fraction of sp³-hybridized carbons (Fsp3) is 0.500. The third-order valence-electron chi connectivity index (χ3n) is 3.58. The molecule has 0 aromatic heterocycles. The highest BCUT2D eigenvalue weighted by Gasteiger charge is 2.17. The molecule has 0 spiro atoms. The molecule has 1 aromatic carbocycles. The molecule has 3 N–H and O–H groups in total. The van der Waals surface area contributed by atoms with Crippen molar-refractivity contribution in [1.29, 1.82) is 0 Å². The lowest BCUT2D eigenvalue weighted by Gasteiger charge is -2.23. The Morgan fingerprint density at radius 3 is 2.38 bits per heavy atom. The molecule has 1 aromatic rings. The van der Waals surface area contributed by atoms with Gasteiger partial charge in [0.15, 0.2) is 6.61 Å². The summed E-state index contributed by atoms with van der Waals surface area (Å²) < 4.78 is 5.40. The van der Waals surface area contributed by atoms with Crippen molar-refractivity contribution >= 4 is 11.8 Å². The molecule has 0 aliphatic carbocycles. The monoisotopic (exact) mass is 292 g/mol. The van der Waals surface area contributed by atoms with E-state index in [1.54, 1.807) is 0 Å². The Morgan fingerprint density at radius 1 is 1.24 bits per heavy atom. The van der Waals surface area contributed by atoms with Crippen LogP contribution in [0.15, 0.2) is 24.3 Å². The molecule has 0 bridgehead atoms. The number of primary amides is 1. The predicted octanol–water partition coefficient (Wildman–Crippen LogP) is 1.74. The van der Waals surface area contributed by atoms with Crippen LogP contribution in [0.4, 0.5) is 0 Å². The maximum atomic E-state index is 11.5. The van der Waals surface area contributed by atoms with Gasteiger partial charge in [0, 0.05) is 13.0 Å². The van der Waals surface area contributed by atoms with Gasteiger partial charge in [-0.15, -0.1) is 0 Å². The Kier molecular flexibility index (Phi) is 6.21. The van der Waals surface area contributed by atoms with Gasteiger partial charge in [0.25, 0.3) is 5.91 Å². The summed E-state index contributed by atoms with van der Waals surface area (Å²) in [4.78, 5) is 22.0. The van der Waals surface area contributed by atoms with Crippen molar-refractivity contribution in [1.82, 2.24) is 5.32 Å². The molecule has 1 rings (SSSR count).